The number of hydrogen-bond donors (Lipinski definition) is 0. The molecule has 1 heterocycles. The Hall–Kier alpha value is -0.980. The summed E-state index contributed by atoms with van der Waals surface area (Å²) in [6, 6.07) is 6.65. The maximum absolute atomic E-state index is 5.66. The van der Waals surface area contributed by atoms with Crippen LogP contribution in [0.15, 0.2) is 18.2 Å². The molecule has 0 aromatic heterocycles. The molecule has 0 saturated heterocycles. The zero-order valence-electron chi connectivity index (χ0n) is 9.26. The average Bonchev–Trinajstić information content (AvgIpc) is 2.16. The van der Waals surface area contributed by atoms with Gasteiger partial charge in [-0.25, -0.2) is 0 Å². The van der Waals surface area contributed by atoms with E-state index in [0.29, 0.717) is 0 Å². The van der Waals surface area contributed by atoms with Gasteiger partial charge in [0.2, 0.25) is 0 Å². The van der Waals surface area contributed by atoms with Crippen molar-refractivity contribution in [1.29, 1.82) is 0 Å². The molecule has 0 atom stereocenters. The topological polar surface area (TPSA) is 9.23 Å². The Balaban J connectivity index is 2.39. The summed E-state index contributed by atoms with van der Waals surface area (Å²) in [6.45, 7) is 7.58. The van der Waals surface area contributed by atoms with Crippen molar-refractivity contribution in [3.63, 3.8) is 0 Å². The summed E-state index contributed by atoms with van der Waals surface area (Å²) < 4.78 is 5.66. The normalized spacial score (nSPS) is 15.9. The molecule has 14 heavy (non-hydrogen) atoms. The third kappa shape index (κ3) is 1.77. The largest absolute Gasteiger partial charge is 0.493 e. The van der Waals surface area contributed by atoms with Gasteiger partial charge in [0.15, 0.2) is 0 Å². The minimum atomic E-state index is 0.218. The van der Waals surface area contributed by atoms with Crippen molar-refractivity contribution >= 4 is 0 Å². The first-order valence-electron chi connectivity index (χ1n) is 5.33. The van der Waals surface area contributed by atoms with Crippen LogP contribution in [0.4, 0.5) is 0 Å². The van der Waals surface area contributed by atoms with E-state index in [1.165, 1.54) is 17.5 Å². The van der Waals surface area contributed by atoms with E-state index >= 15 is 0 Å². The van der Waals surface area contributed by atoms with E-state index < -0.39 is 0 Å². The van der Waals surface area contributed by atoms with Gasteiger partial charge >= 0.3 is 0 Å². The van der Waals surface area contributed by atoms with Gasteiger partial charge in [-0.3, -0.25) is 0 Å². The average molecular weight is 190 g/mol. The first kappa shape index (κ1) is 9.57. The Morgan fingerprint density at radius 3 is 2.71 bits per heavy atom. The second kappa shape index (κ2) is 3.30. The highest BCUT2D eigenvalue weighted by Crippen LogP contribution is 2.31. The van der Waals surface area contributed by atoms with Crippen LogP contribution in [0.5, 0.6) is 5.75 Å². The van der Waals surface area contributed by atoms with Crippen molar-refractivity contribution < 1.29 is 4.74 Å². The SMILES string of the molecule is CC(C)(C)c1ccc2c(c1)OCCC2. The highest BCUT2D eigenvalue weighted by atomic mass is 16.5. The fraction of sp³-hybridized carbons (Fsp3) is 0.538. The van der Waals surface area contributed by atoms with Crippen LogP contribution in [-0.2, 0) is 11.8 Å². The minimum Gasteiger partial charge on any atom is -0.493 e. The van der Waals surface area contributed by atoms with E-state index in [9.17, 15) is 0 Å². The van der Waals surface area contributed by atoms with Gasteiger partial charge in [0.05, 0.1) is 6.61 Å². The van der Waals surface area contributed by atoms with E-state index in [4.69, 9.17) is 4.74 Å². The lowest BCUT2D eigenvalue weighted by atomic mass is 9.86. The first-order chi connectivity index (χ1) is 6.57. The number of aryl methyl sites for hydroxylation is 1. The van der Waals surface area contributed by atoms with Crippen molar-refractivity contribution in [1.82, 2.24) is 0 Å². The molecule has 1 aromatic rings. The molecule has 1 aliphatic rings. The molecule has 0 unspecified atom stereocenters. The van der Waals surface area contributed by atoms with Gasteiger partial charge in [-0.15, -0.1) is 0 Å². The lowest BCUT2D eigenvalue weighted by Crippen LogP contribution is -2.14. The smallest absolute Gasteiger partial charge is 0.122 e. The Labute approximate surface area is 86.1 Å². The molecule has 76 valence electrons. The number of rotatable bonds is 0. The fourth-order valence-corrected chi connectivity index (χ4v) is 1.81. The standard InChI is InChI=1S/C13H18O/c1-13(2,3)11-7-6-10-5-4-8-14-12(10)9-11/h6-7,9H,4-5,8H2,1-3H3. The summed E-state index contributed by atoms with van der Waals surface area (Å²) in [5.41, 5.74) is 2.94. The molecule has 2 rings (SSSR count). The van der Waals surface area contributed by atoms with Crippen LogP contribution in [0.1, 0.15) is 38.3 Å². The summed E-state index contributed by atoms with van der Waals surface area (Å²) in [7, 11) is 0. The van der Waals surface area contributed by atoms with E-state index in [-0.39, 0.29) is 5.41 Å². The monoisotopic (exact) mass is 190 g/mol. The maximum atomic E-state index is 5.66. The number of ether oxygens (including phenoxy) is 1. The van der Waals surface area contributed by atoms with Crippen LogP contribution < -0.4 is 4.74 Å². The molecule has 0 saturated carbocycles. The molecule has 0 N–H and O–H groups in total. The van der Waals surface area contributed by atoms with Gasteiger partial charge in [-0.05, 0) is 35.4 Å². The Morgan fingerprint density at radius 1 is 1.21 bits per heavy atom. The van der Waals surface area contributed by atoms with Crippen LogP contribution in [-0.4, -0.2) is 6.61 Å². The highest BCUT2D eigenvalue weighted by Gasteiger charge is 2.17. The van der Waals surface area contributed by atoms with E-state index in [0.717, 1.165) is 18.8 Å². The van der Waals surface area contributed by atoms with Gasteiger partial charge in [0.25, 0.3) is 0 Å². The quantitative estimate of drug-likeness (QED) is 0.610. The van der Waals surface area contributed by atoms with Crippen LogP contribution in [0.25, 0.3) is 0 Å². The zero-order chi connectivity index (χ0) is 10.2. The van der Waals surface area contributed by atoms with Crippen molar-refractivity contribution in [2.45, 2.75) is 39.0 Å². The number of hydrogen-bond acceptors (Lipinski definition) is 1. The first-order valence-corrected chi connectivity index (χ1v) is 5.33. The predicted octanol–water partition coefficient (Wildman–Crippen LogP) is 3.31. The van der Waals surface area contributed by atoms with Gasteiger partial charge < -0.3 is 4.74 Å². The molecule has 0 aliphatic carbocycles. The molecule has 0 bridgehead atoms. The number of benzene rings is 1. The van der Waals surface area contributed by atoms with E-state index in [1.807, 2.05) is 0 Å². The third-order valence-electron chi connectivity index (χ3n) is 2.78. The second-order valence-corrected chi connectivity index (χ2v) is 5.02. The summed E-state index contributed by atoms with van der Waals surface area (Å²) in [6.07, 6.45) is 2.32. The summed E-state index contributed by atoms with van der Waals surface area (Å²) in [5, 5.41) is 0. The third-order valence-corrected chi connectivity index (χ3v) is 2.78. The van der Waals surface area contributed by atoms with Gasteiger partial charge in [-0.2, -0.15) is 0 Å². The van der Waals surface area contributed by atoms with Gasteiger partial charge in [-0.1, -0.05) is 32.9 Å². The Morgan fingerprint density at radius 2 is 2.00 bits per heavy atom. The molecule has 1 nitrogen and oxygen atoms in total. The van der Waals surface area contributed by atoms with Crippen LogP contribution in [0, 0.1) is 0 Å². The molecule has 1 aliphatic heterocycles. The van der Waals surface area contributed by atoms with Crippen molar-refractivity contribution in [3.05, 3.63) is 29.3 Å². The minimum absolute atomic E-state index is 0.218. The van der Waals surface area contributed by atoms with Crippen LogP contribution in [0.3, 0.4) is 0 Å². The van der Waals surface area contributed by atoms with Crippen LogP contribution in [0.2, 0.25) is 0 Å². The fourth-order valence-electron chi connectivity index (χ4n) is 1.81. The highest BCUT2D eigenvalue weighted by molar-refractivity contribution is 5.41. The molecular weight excluding hydrogens is 172 g/mol. The molecule has 1 heteroatoms. The lowest BCUT2D eigenvalue weighted by Gasteiger charge is -2.23. The summed E-state index contributed by atoms with van der Waals surface area (Å²) in [5.74, 6) is 1.10. The molecule has 0 fully saturated rings. The van der Waals surface area contributed by atoms with Crippen LogP contribution >= 0.6 is 0 Å². The van der Waals surface area contributed by atoms with Crippen molar-refractivity contribution in [3.8, 4) is 5.75 Å². The molecule has 1 aromatic carbocycles. The molecule has 0 radical (unpaired) electrons. The molecule has 0 spiro atoms. The maximum Gasteiger partial charge on any atom is 0.122 e. The van der Waals surface area contributed by atoms with E-state index in [2.05, 4.69) is 39.0 Å². The van der Waals surface area contributed by atoms with E-state index in [1.54, 1.807) is 0 Å². The number of fused-ring (bicyclic) bond motifs is 1. The van der Waals surface area contributed by atoms with Crippen molar-refractivity contribution in [2.24, 2.45) is 0 Å². The predicted molar refractivity (Wildman–Crippen MR) is 59.0 cm³/mol. The molecule has 0 amide bonds. The molecular formula is C13H18O. The zero-order valence-corrected chi connectivity index (χ0v) is 9.26. The van der Waals surface area contributed by atoms with Gasteiger partial charge in [0, 0.05) is 0 Å². The van der Waals surface area contributed by atoms with Crippen molar-refractivity contribution in [2.75, 3.05) is 6.61 Å². The second-order valence-electron chi connectivity index (χ2n) is 5.02. The Kier molecular flexibility index (Phi) is 2.26. The Bertz CT molecular complexity index is 334. The summed E-state index contributed by atoms with van der Waals surface area (Å²) >= 11 is 0. The lowest BCUT2D eigenvalue weighted by molar-refractivity contribution is 0.287. The summed E-state index contributed by atoms with van der Waals surface area (Å²) in [4.78, 5) is 0. The van der Waals surface area contributed by atoms with Gasteiger partial charge in [0.1, 0.15) is 5.75 Å².